The summed E-state index contributed by atoms with van der Waals surface area (Å²) in [5.41, 5.74) is 5.81. The normalized spacial score (nSPS) is 26.8. The predicted molar refractivity (Wildman–Crippen MR) is 48.0 cm³/mol. The van der Waals surface area contributed by atoms with E-state index in [9.17, 15) is 4.39 Å². The van der Waals surface area contributed by atoms with Crippen LogP contribution < -0.4 is 5.73 Å². The van der Waals surface area contributed by atoms with E-state index in [4.69, 9.17) is 10.5 Å². The van der Waals surface area contributed by atoms with Crippen molar-refractivity contribution in [3.05, 3.63) is 23.5 Å². The summed E-state index contributed by atoms with van der Waals surface area (Å²) in [6.45, 7) is 2.47. The average molecular weight is 197 g/mol. The standard InChI is InChI=1S/C9H12FN3O/c1-6-7(10)8(13-5-12-6)9(11)2-3-14-4-9/h5H,2-4,11H2,1H3. The summed E-state index contributed by atoms with van der Waals surface area (Å²) in [5.74, 6) is -0.416. The molecule has 1 fully saturated rings. The van der Waals surface area contributed by atoms with Crippen molar-refractivity contribution in [2.45, 2.75) is 18.9 Å². The maximum Gasteiger partial charge on any atom is 0.167 e. The molecule has 5 heteroatoms. The van der Waals surface area contributed by atoms with E-state index in [0.717, 1.165) is 0 Å². The molecule has 2 rings (SSSR count). The summed E-state index contributed by atoms with van der Waals surface area (Å²) in [6.07, 6.45) is 1.93. The molecule has 1 unspecified atom stereocenters. The quantitative estimate of drug-likeness (QED) is 0.712. The SMILES string of the molecule is Cc1ncnc(C2(N)CCOC2)c1F. The Bertz CT molecular complexity index is 350. The van der Waals surface area contributed by atoms with Crippen LogP contribution in [0.1, 0.15) is 17.8 Å². The molecule has 0 spiro atoms. The van der Waals surface area contributed by atoms with E-state index in [-0.39, 0.29) is 5.69 Å². The molecule has 0 radical (unpaired) electrons. The van der Waals surface area contributed by atoms with E-state index >= 15 is 0 Å². The highest BCUT2D eigenvalue weighted by Crippen LogP contribution is 2.28. The average Bonchev–Trinajstić information content (AvgIpc) is 2.58. The van der Waals surface area contributed by atoms with Gasteiger partial charge in [0.15, 0.2) is 5.82 Å². The van der Waals surface area contributed by atoms with Crippen molar-refractivity contribution in [2.75, 3.05) is 13.2 Å². The molecule has 4 nitrogen and oxygen atoms in total. The van der Waals surface area contributed by atoms with E-state index < -0.39 is 11.4 Å². The zero-order valence-corrected chi connectivity index (χ0v) is 7.96. The highest BCUT2D eigenvalue weighted by Gasteiger charge is 2.36. The summed E-state index contributed by atoms with van der Waals surface area (Å²) < 4.78 is 18.8. The molecule has 2 heterocycles. The third-order valence-corrected chi connectivity index (χ3v) is 2.49. The lowest BCUT2D eigenvalue weighted by Gasteiger charge is -2.21. The van der Waals surface area contributed by atoms with Crippen molar-refractivity contribution in [3.8, 4) is 0 Å². The second-order valence-electron chi connectivity index (χ2n) is 3.58. The van der Waals surface area contributed by atoms with Crippen LogP contribution in [-0.2, 0) is 10.3 Å². The zero-order valence-electron chi connectivity index (χ0n) is 7.96. The van der Waals surface area contributed by atoms with Crippen LogP contribution >= 0.6 is 0 Å². The number of hydrogen-bond donors (Lipinski definition) is 1. The zero-order chi connectivity index (χ0) is 10.2. The van der Waals surface area contributed by atoms with Crippen LogP contribution in [0.2, 0.25) is 0 Å². The van der Waals surface area contributed by atoms with E-state index in [0.29, 0.717) is 25.3 Å². The molecule has 0 aliphatic carbocycles. The first kappa shape index (κ1) is 9.48. The predicted octanol–water partition coefficient (Wildman–Crippen LogP) is 0.498. The van der Waals surface area contributed by atoms with Gasteiger partial charge in [-0.05, 0) is 13.3 Å². The van der Waals surface area contributed by atoms with Crippen LogP contribution in [0.4, 0.5) is 4.39 Å². The maximum absolute atomic E-state index is 13.6. The maximum atomic E-state index is 13.6. The highest BCUT2D eigenvalue weighted by atomic mass is 19.1. The van der Waals surface area contributed by atoms with E-state index in [1.165, 1.54) is 6.33 Å². The summed E-state index contributed by atoms with van der Waals surface area (Å²) in [4.78, 5) is 7.66. The van der Waals surface area contributed by atoms with Crippen molar-refractivity contribution in [1.82, 2.24) is 9.97 Å². The third-order valence-electron chi connectivity index (χ3n) is 2.49. The number of aromatic nitrogens is 2. The van der Waals surface area contributed by atoms with Gasteiger partial charge in [-0.1, -0.05) is 0 Å². The van der Waals surface area contributed by atoms with E-state index in [1.807, 2.05) is 0 Å². The molecule has 0 bridgehead atoms. The number of aryl methyl sites for hydroxylation is 1. The van der Waals surface area contributed by atoms with Gasteiger partial charge in [0.1, 0.15) is 12.0 Å². The number of rotatable bonds is 1. The minimum atomic E-state index is -0.780. The number of halogens is 1. The fraction of sp³-hybridized carbons (Fsp3) is 0.556. The Hall–Kier alpha value is -1.07. The Morgan fingerprint density at radius 3 is 3.00 bits per heavy atom. The number of nitrogens with two attached hydrogens (primary N) is 1. The number of hydrogen-bond acceptors (Lipinski definition) is 4. The lowest BCUT2D eigenvalue weighted by atomic mass is 9.94. The highest BCUT2D eigenvalue weighted by molar-refractivity contribution is 5.20. The van der Waals surface area contributed by atoms with Crippen molar-refractivity contribution in [1.29, 1.82) is 0 Å². The number of nitrogens with zero attached hydrogens (tertiary/aromatic N) is 2. The Kier molecular flexibility index (Phi) is 2.20. The van der Waals surface area contributed by atoms with Crippen LogP contribution in [-0.4, -0.2) is 23.2 Å². The van der Waals surface area contributed by atoms with Crippen molar-refractivity contribution < 1.29 is 9.13 Å². The summed E-state index contributed by atoms with van der Waals surface area (Å²) in [7, 11) is 0. The molecule has 76 valence electrons. The van der Waals surface area contributed by atoms with E-state index in [1.54, 1.807) is 6.92 Å². The molecule has 1 aliphatic heterocycles. The molecule has 1 aromatic rings. The lowest BCUT2D eigenvalue weighted by Crippen LogP contribution is -2.39. The van der Waals surface area contributed by atoms with Gasteiger partial charge in [0, 0.05) is 6.61 Å². The van der Waals surface area contributed by atoms with Gasteiger partial charge < -0.3 is 10.5 Å². The Labute approximate surface area is 81.3 Å². The third kappa shape index (κ3) is 1.38. The van der Waals surface area contributed by atoms with Crippen LogP contribution in [0.15, 0.2) is 6.33 Å². The lowest BCUT2D eigenvalue weighted by molar-refractivity contribution is 0.176. The Balaban J connectivity index is 2.45. The van der Waals surface area contributed by atoms with Crippen molar-refractivity contribution in [3.63, 3.8) is 0 Å². The van der Waals surface area contributed by atoms with E-state index in [2.05, 4.69) is 9.97 Å². The van der Waals surface area contributed by atoms with Gasteiger partial charge in [-0.2, -0.15) is 0 Å². The molecule has 0 aromatic carbocycles. The van der Waals surface area contributed by atoms with Gasteiger partial charge in [-0.15, -0.1) is 0 Å². The summed E-state index contributed by atoms with van der Waals surface area (Å²) >= 11 is 0. The largest absolute Gasteiger partial charge is 0.379 e. The first-order chi connectivity index (χ1) is 6.63. The fourth-order valence-corrected chi connectivity index (χ4v) is 1.57. The Morgan fingerprint density at radius 2 is 2.36 bits per heavy atom. The number of ether oxygens (including phenoxy) is 1. The molecular formula is C9H12FN3O. The van der Waals surface area contributed by atoms with Gasteiger partial charge in [0.05, 0.1) is 17.8 Å². The monoisotopic (exact) mass is 197 g/mol. The van der Waals surface area contributed by atoms with Crippen LogP contribution in [0, 0.1) is 12.7 Å². The molecule has 0 amide bonds. The Morgan fingerprint density at radius 1 is 1.57 bits per heavy atom. The second-order valence-corrected chi connectivity index (χ2v) is 3.58. The molecular weight excluding hydrogens is 185 g/mol. The van der Waals surface area contributed by atoms with Crippen LogP contribution in [0.25, 0.3) is 0 Å². The second kappa shape index (κ2) is 3.25. The topological polar surface area (TPSA) is 61.0 Å². The molecule has 1 atom stereocenters. The molecule has 14 heavy (non-hydrogen) atoms. The molecule has 2 N–H and O–H groups in total. The van der Waals surface area contributed by atoms with Gasteiger partial charge in [0.2, 0.25) is 0 Å². The molecule has 1 aromatic heterocycles. The fourth-order valence-electron chi connectivity index (χ4n) is 1.57. The summed E-state index contributed by atoms with van der Waals surface area (Å²) in [5, 5.41) is 0. The van der Waals surface area contributed by atoms with Crippen molar-refractivity contribution in [2.24, 2.45) is 5.73 Å². The van der Waals surface area contributed by atoms with Gasteiger partial charge in [0.25, 0.3) is 0 Å². The van der Waals surface area contributed by atoms with Gasteiger partial charge >= 0.3 is 0 Å². The first-order valence-corrected chi connectivity index (χ1v) is 4.48. The molecule has 0 saturated carbocycles. The minimum absolute atomic E-state index is 0.266. The summed E-state index contributed by atoms with van der Waals surface area (Å²) in [6, 6.07) is 0. The van der Waals surface area contributed by atoms with Gasteiger partial charge in [-0.3, -0.25) is 0 Å². The smallest absolute Gasteiger partial charge is 0.167 e. The first-order valence-electron chi connectivity index (χ1n) is 4.48. The molecule has 1 saturated heterocycles. The van der Waals surface area contributed by atoms with Gasteiger partial charge in [-0.25, -0.2) is 14.4 Å². The molecule has 1 aliphatic rings. The minimum Gasteiger partial charge on any atom is -0.379 e. The van der Waals surface area contributed by atoms with Crippen LogP contribution in [0.3, 0.4) is 0 Å². The van der Waals surface area contributed by atoms with Crippen molar-refractivity contribution >= 4 is 0 Å². The van der Waals surface area contributed by atoms with Crippen LogP contribution in [0.5, 0.6) is 0 Å².